The Bertz CT molecular complexity index is 1220. The van der Waals surface area contributed by atoms with Gasteiger partial charge in [-0.25, -0.2) is 9.69 Å². The molecule has 3 aromatic rings. The van der Waals surface area contributed by atoms with Gasteiger partial charge >= 0.3 is 6.03 Å². The summed E-state index contributed by atoms with van der Waals surface area (Å²) < 4.78 is 5.76. The van der Waals surface area contributed by atoms with Crippen LogP contribution in [-0.2, 0) is 11.4 Å². The molecule has 32 heavy (non-hydrogen) atoms. The zero-order valence-electron chi connectivity index (χ0n) is 16.2. The third-order valence-electron chi connectivity index (χ3n) is 4.61. The van der Waals surface area contributed by atoms with Crippen LogP contribution in [0.25, 0.3) is 6.08 Å². The molecular formula is C23H14Cl4N2O3. The average molecular weight is 508 g/mol. The van der Waals surface area contributed by atoms with Gasteiger partial charge in [-0.15, -0.1) is 0 Å². The molecule has 0 unspecified atom stereocenters. The molecule has 9 heteroatoms. The topological polar surface area (TPSA) is 58.6 Å². The lowest BCUT2D eigenvalue weighted by Crippen LogP contribution is -2.30. The van der Waals surface area contributed by atoms with Crippen LogP contribution in [0.1, 0.15) is 11.1 Å². The monoisotopic (exact) mass is 506 g/mol. The second kappa shape index (κ2) is 9.43. The highest BCUT2D eigenvalue weighted by molar-refractivity contribution is 6.37. The maximum atomic E-state index is 12.7. The van der Waals surface area contributed by atoms with Crippen molar-refractivity contribution in [3.8, 4) is 5.75 Å². The second-order valence-electron chi connectivity index (χ2n) is 6.80. The van der Waals surface area contributed by atoms with Crippen molar-refractivity contribution >= 4 is 70.1 Å². The van der Waals surface area contributed by atoms with Gasteiger partial charge in [0.1, 0.15) is 12.3 Å². The summed E-state index contributed by atoms with van der Waals surface area (Å²) in [5.74, 6) is -0.208. The number of urea groups is 1. The lowest BCUT2D eigenvalue weighted by atomic mass is 10.1. The zero-order chi connectivity index (χ0) is 22.8. The number of para-hydroxylation sites is 1. The molecule has 1 fully saturated rings. The fourth-order valence-electron chi connectivity index (χ4n) is 3.10. The van der Waals surface area contributed by atoms with E-state index in [9.17, 15) is 9.59 Å². The first-order valence-corrected chi connectivity index (χ1v) is 10.8. The number of halogens is 4. The van der Waals surface area contributed by atoms with Crippen LogP contribution in [-0.4, -0.2) is 11.9 Å². The lowest BCUT2D eigenvalue weighted by molar-refractivity contribution is -0.113. The molecule has 5 nitrogen and oxygen atoms in total. The Morgan fingerprint density at radius 1 is 0.875 bits per heavy atom. The predicted octanol–water partition coefficient (Wildman–Crippen LogP) is 6.98. The van der Waals surface area contributed by atoms with Crippen molar-refractivity contribution in [2.75, 3.05) is 4.90 Å². The molecule has 0 atom stereocenters. The fraction of sp³-hybridized carbons (Fsp3) is 0.0435. The first-order valence-electron chi connectivity index (χ1n) is 9.31. The van der Waals surface area contributed by atoms with Crippen molar-refractivity contribution in [3.63, 3.8) is 0 Å². The molecule has 1 aliphatic heterocycles. The van der Waals surface area contributed by atoms with E-state index in [1.54, 1.807) is 60.7 Å². The van der Waals surface area contributed by atoms with E-state index in [4.69, 9.17) is 51.1 Å². The molecule has 162 valence electrons. The number of ether oxygens (including phenoxy) is 1. The molecule has 3 aromatic carbocycles. The normalized spacial score (nSPS) is 14.8. The van der Waals surface area contributed by atoms with Crippen molar-refractivity contribution in [2.45, 2.75) is 6.61 Å². The number of amides is 3. The molecule has 0 saturated carbocycles. The fourth-order valence-corrected chi connectivity index (χ4v) is 4.18. The zero-order valence-corrected chi connectivity index (χ0v) is 19.3. The molecule has 0 spiro atoms. The van der Waals surface area contributed by atoms with Gasteiger partial charge in [-0.1, -0.05) is 70.7 Å². The molecule has 1 heterocycles. The third-order valence-corrected chi connectivity index (χ3v) is 5.76. The quantitative estimate of drug-likeness (QED) is 0.299. The Balaban J connectivity index is 1.55. The molecule has 0 radical (unpaired) electrons. The summed E-state index contributed by atoms with van der Waals surface area (Å²) in [7, 11) is 0. The van der Waals surface area contributed by atoms with E-state index in [2.05, 4.69) is 5.32 Å². The highest BCUT2D eigenvalue weighted by Gasteiger charge is 2.34. The van der Waals surface area contributed by atoms with Crippen molar-refractivity contribution in [2.24, 2.45) is 0 Å². The SMILES string of the molecule is O=C1N/C(=C/c2cc(Cl)c(OCc3ccc(Cl)cc3Cl)c(Cl)c2)C(=O)N1c1ccccc1. The number of carbonyl (C=O) groups is 2. The molecule has 1 saturated heterocycles. The van der Waals surface area contributed by atoms with Crippen LogP contribution in [0.2, 0.25) is 20.1 Å². The van der Waals surface area contributed by atoms with Crippen LogP contribution >= 0.6 is 46.4 Å². The Morgan fingerprint density at radius 3 is 2.22 bits per heavy atom. The van der Waals surface area contributed by atoms with Gasteiger partial charge in [0.2, 0.25) is 0 Å². The summed E-state index contributed by atoms with van der Waals surface area (Å²) in [6.45, 7) is 0.135. The lowest BCUT2D eigenvalue weighted by Gasteiger charge is -2.12. The van der Waals surface area contributed by atoms with Gasteiger partial charge in [0, 0.05) is 15.6 Å². The number of imide groups is 1. The summed E-state index contributed by atoms with van der Waals surface area (Å²) in [6, 6.07) is 16.3. The second-order valence-corrected chi connectivity index (χ2v) is 8.46. The third kappa shape index (κ3) is 4.71. The summed E-state index contributed by atoms with van der Waals surface area (Å²) in [6.07, 6.45) is 1.50. The smallest absolute Gasteiger partial charge is 0.333 e. The number of hydrogen-bond acceptors (Lipinski definition) is 3. The number of nitrogens with one attached hydrogen (secondary N) is 1. The minimum Gasteiger partial charge on any atom is -0.486 e. The molecule has 1 N–H and O–H groups in total. The summed E-state index contributed by atoms with van der Waals surface area (Å²) in [4.78, 5) is 26.1. The minimum absolute atomic E-state index is 0.104. The molecule has 4 rings (SSSR count). The highest BCUT2D eigenvalue weighted by atomic mass is 35.5. The summed E-state index contributed by atoms with van der Waals surface area (Å²) in [5, 5.41) is 4.03. The summed E-state index contributed by atoms with van der Waals surface area (Å²) in [5.41, 5.74) is 1.82. The van der Waals surface area contributed by atoms with E-state index < -0.39 is 11.9 Å². The number of hydrogen-bond donors (Lipinski definition) is 1. The number of benzene rings is 3. The van der Waals surface area contributed by atoms with Gasteiger partial charge in [-0.2, -0.15) is 0 Å². The van der Waals surface area contributed by atoms with Gasteiger partial charge < -0.3 is 10.1 Å². The van der Waals surface area contributed by atoms with Gasteiger partial charge in [0.05, 0.1) is 15.7 Å². The van der Waals surface area contributed by atoms with E-state index in [0.29, 0.717) is 21.3 Å². The molecular weight excluding hydrogens is 494 g/mol. The number of anilines is 1. The number of carbonyl (C=O) groups excluding carboxylic acids is 2. The van der Waals surface area contributed by atoms with Gasteiger partial charge in [0.15, 0.2) is 5.75 Å². The standard InChI is InChI=1S/C23H14Cl4N2O3/c24-15-7-6-14(17(25)11-15)12-32-21-18(26)8-13(9-19(21)27)10-20-22(30)29(23(31)28-20)16-4-2-1-3-5-16/h1-11H,12H2,(H,28,31)/b20-10+. The van der Waals surface area contributed by atoms with E-state index in [0.717, 1.165) is 10.5 Å². The Morgan fingerprint density at radius 2 is 1.56 bits per heavy atom. The molecule has 0 bridgehead atoms. The Labute approximate surface area is 204 Å². The number of nitrogens with zero attached hydrogens (tertiary/aromatic N) is 1. The van der Waals surface area contributed by atoms with Crippen LogP contribution in [0.15, 0.2) is 66.4 Å². The van der Waals surface area contributed by atoms with Crippen LogP contribution < -0.4 is 15.0 Å². The Hall–Kier alpha value is -2.70. The average Bonchev–Trinajstić information content (AvgIpc) is 3.02. The van der Waals surface area contributed by atoms with Crippen molar-refractivity contribution in [1.82, 2.24) is 5.32 Å². The molecule has 0 aliphatic carbocycles. The van der Waals surface area contributed by atoms with E-state index in [1.165, 1.54) is 6.08 Å². The van der Waals surface area contributed by atoms with Crippen LogP contribution in [0, 0.1) is 0 Å². The predicted molar refractivity (Wildman–Crippen MR) is 128 cm³/mol. The minimum atomic E-state index is -0.538. The largest absolute Gasteiger partial charge is 0.486 e. The van der Waals surface area contributed by atoms with Crippen LogP contribution in [0.3, 0.4) is 0 Å². The maximum absolute atomic E-state index is 12.7. The van der Waals surface area contributed by atoms with Crippen molar-refractivity contribution < 1.29 is 14.3 Å². The molecule has 3 amide bonds. The number of rotatable bonds is 5. The maximum Gasteiger partial charge on any atom is 0.333 e. The van der Waals surface area contributed by atoms with Gasteiger partial charge in [-0.3, -0.25) is 4.79 Å². The molecule has 0 aromatic heterocycles. The summed E-state index contributed by atoms with van der Waals surface area (Å²) >= 11 is 24.8. The van der Waals surface area contributed by atoms with Crippen LogP contribution in [0.4, 0.5) is 10.5 Å². The van der Waals surface area contributed by atoms with Crippen molar-refractivity contribution in [1.29, 1.82) is 0 Å². The highest BCUT2D eigenvalue weighted by Crippen LogP contribution is 2.36. The first-order chi connectivity index (χ1) is 15.3. The van der Waals surface area contributed by atoms with E-state index in [-0.39, 0.29) is 28.1 Å². The van der Waals surface area contributed by atoms with E-state index >= 15 is 0 Å². The van der Waals surface area contributed by atoms with Gasteiger partial charge in [-0.05, 0) is 48.0 Å². The van der Waals surface area contributed by atoms with E-state index in [1.807, 2.05) is 0 Å². The first kappa shape index (κ1) is 22.5. The van der Waals surface area contributed by atoms with Crippen molar-refractivity contribution in [3.05, 3.63) is 97.6 Å². The molecule has 1 aliphatic rings. The Kier molecular flexibility index (Phi) is 6.63. The van der Waals surface area contributed by atoms with Gasteiger partial charge in [0.25, 0.3) is 5.91 Å². The van der Waals surface area contributed by atoms with Crippen LogP contribution in [0.5, 0.6) is 5.75 Å².